The van der Waals surface area contributed by atoms with E-state index in [1.807, 2.05) is 12.1 Å². The van der Waals surface area contributed by atoms with Gasteiger partial charge >= 0.3 is 0 Å². The van der Waals surface area contributed by atoms with Gasteiger partial charge in [-0.25, -0.2) is 0 Å². The van der Waals surface area contributed by atoms with Gasteiger partial charge in [-0.3, -0.25) is 0 Å². The molecule has 0 bridgehead atoms. The molecule has 6 nitrogen and oxygen atoms in total. The third-order valence-corrected chi connectivity index (χ3v) is 5.32. The number of halogens is 2. The molecule has 2 N–H and O–H groups in total. The van der Waals surface area contributed by atoms with Gasteiger partial charge in [0, 0.05) is 21.2 Å². The van der Waals surface area contributed by atoms with E-state index in [0.29, 0.717) is 10.0 Å². The van der Waals surface area contributed by atoms with Crippen molar-refractivity contribution in [2.24, 2.45) is 0 Å². The van der Waals surface area contributed by atoms with Crippen molar-refractivity contribution in [3.63, 3.8) is 0 Å². The highest BCUT2D eigenvalue weighted by atomic mass is 35.5. The Morgan fingerprint density at radius 2 is 1.43 bits per heavy atom. The first-order chi connectivity index (χ1) is 13.5. The zero-order valence-corrected chi connectivity index (χ0v) is 16.3. The molecule has 0 aliphatic carbocycles. The lowest BCUT2D eigenvalue weighted by atomic mass is 9.99. The van der Waals surface area contributed by atoms with Crippen molar-refractivity contribution in [3.8, 4) is 0 Å². The zero-order chi connectivity index (χ0) is 19.7. The Hall–Kier alpha value is -1.22. The van der Waals surface area contributed by atoms with Gasteiger partial charge in [0.2, 0.25) is 0 Å². The van der Waals surface area contributed by atoms with E-state index in [-0.39, 0.29) is 6.61 Å². The van der Waals surface area contributed by atoms with Gasteiger partial charge in [0.25, 0.3) is 0 Å². The lowest BCUT2D eigenvalue weighted by Gasteiger charge is -2.47. The molecule has 2 saturated heterocycles. The van der Waals surface area contributed by atoms with Crippen molar-refractivity contribution in [1.29, 1.82) is 0 Å². The Morgan fingerprint density at radius 1 is 0.857 bits per heavy atom. The largest absolute Gasteiger partial charge is 0.394 e. The number of hydrogen-bond donors (Lipinski definition) is 2. The second kappa shape index (κ2) is 8.65. The highest BCUT2D eigenvalue weighted by Gasteiger charge is 2.48. The SMILES string of the molecule is OC[C@@H](O)[C@H]1OC(c2ccc(Cl)cc2)O[C@H]2COC(c3ccc(Cl)cc3)O[C@@H]12. The van der Waals surface area contributed by atoms with Crippen molar-refractivity contribution < 1.29 is 29.2 Å². The molecule has 2 heterocycles. The number of benzene rings is 2. The molecule has 2 aromatic carbocycles. The van der Waals surface area contributed by atoms with Crippen LogP contribution in [0.1, 0.15) is 23.7 Å². The maximum absolute atomic E-state index is 10.3. The van der Waals surface area contributed by atoms with E-state index < -0.39 is 43.6 Å². The van der Waals surface area contributed by atoms with Crippen LogP contribution in [0.15, 0.2) is 48.5 Å². The van der Waals surface area contributed by atoms with Gasteiger partial charge in [-0.1, -0.05) is 47.5 Å². The number of hydrogen-bond acceptors (Lipinski definition) is 6. The Bertz CT molecular complexity index is 782. The highest BCUT2D eigenvalue weighted by molar-refractivity contribution is 6.30. The van der Waals surface area contributed by atoms with E-state index >= 15 is 0 Å². The molecule has 0 radical (unpaired) electrons. The average molecular weight is 427 g/mol. The maximum atomic E-state index is 10.3. The summed E-state index contributed by atoms with van der Waals surface area (Å²) in [4.78, 5) is 0. The molecule has 6 atom stereocenters. The fourth-order valence-corrected chi connectivity index (χ4v) is 3.60. The molecule has 2 unspecified atom stereocenters. The topological polar surface area (TPSA) is 77.4 Å². The van der Waals surface area contributed by atoms with Crippen LogP contribution >= 0.6 is 23.2 Å². The van der Waals surface area contributed by atoms with Crippen LogP contribution in [0.4, 0.5) is 0 Å². The fourth-order valence-electron chi connectivity index (χ4n) is 3.35. The van der Waals surface area contributed by atoms with Crippen molar-refractivity contribution in [1.82, 2.24) is 0 Å². The van der Waals surface area contributed by atoms with Gasteiger partial charge in [-0.2, -0.15) is 0 Å². The quantitative estimate of drug-likeness (QED) is 0.781. The van der Waals surface area contributed by atoms with Crippen LogP contribution in [0.25, 0.3) is 0 Å². The highest BCUT2D eigenvalue weighted by Crippen LogP contribution is 2.39. The van der Waals surface area contributed by atoms with Crippen LogP contribution < -0.4 is 0 Å². The monoisotopic (exact) mass is 426 g/mol. The number of aliphatic hydroxyl groups is 2. The van der Waals surface area contributed by atoms with Gasteiger partial charge in [0.1, 0.15) is 24.4 Å². The van der Waals surface area contributed by atoms with Crippen molar-refractivity contribution in [2.75, 3.05) is 13.2 Å². The van der Waals surface area contributed by atoms with Gasteiger partial charge < -0.3 is 29.2 Å². The van der Waals surface area contributed by atoms with E-state index in [1.165, 1.54) is 0 Å². The number of aliphatic hydroxyl groups excluding tert-OH is 2. The zero-order valence-electron chi connectivity index (χ0n) is 14.8. The third-order valence-electron chi connectivity index (χ3n) is 4.81. The molecule has 0 saturated carbocycles. The average Bonchev–Trinajstić information content (AvgIpc) is 2.73. The van der Waals surface area contributed by atoms with Crippen molar-refractivity contribution >= 4 is 23.2 Å². The lowest BCUT2D eigenvalue weighted by molar-refractivity contribution is -0.373. The third kappa shape index (κ3) is 4.20. The van der Waals surface area contributed by atoms with E-state index in [9.17, 15) is 10.2 Å². The predicted octanol–water partition coefficient (Wildman–Crippen LogP) is 3.24. The Kier molecular flexibility index (Phi) is 6.20. The number of fused-ring (bicyclic) bond motifs is 1. The summed E-state index contributed by atoms with van der Waals surface area (Å²) >= 11 is 11.9. The van der Waals surface area contributed by atoms with Gasteiger partial charge in [0.05, 0.1) is 13.2 Å². The molecule has 0 spiro atoms. The molecule has 2 aromatic rings. The molecule has 150 valence electrons. The van der Waals surface area contributed by atoms with E-state index in [1.54, 1.807) is 36.4 Å². The van der Waals surface area contributed by atoms with Crippen LogP contribution in [0.3, 0.4) is 0 Å². The smallest absolute Gasteiger partial charge is 0.184 e. The Labute approximate surface area is 172 Å². The molecular formula is C20H20Cl2O6. The summed E-state index contributed by atoms with van der Waals surface area (Å²) in [5.74, 6) is 0. The summed E-state index contributed by atoms with van der Waals surface area (Å²) in [5.41, 5.74) is 1.54. The molecular weight excluding hydrogens is 407 g/mol. The van der Waals surface area contributed by atoms with Crippen LogP contribution in [0.5, 0.6) is 0 Å². The predicted molar refractivity (Wildman–Crippen MR) is 102 cm³/mol. The molecule has 8 heteroatoms. The van der Waals surface area contributed by atoms with Crippen molar-refractivity contribution in [2.45, 2.75) is 37.0 Å². The van der Waals surface area contributed by atoms with E-state index in [4.69, 9.17) is 42.1 Å². The molecule has 28 heavy (non-hydrogen) atoms. The van der Waals surface area contributed by atoms with Crippen LogP contribution in [-0.4, -0.2) is 47.8 Å². The first-order valence-electron chi connectivity index (χ1n) is 8.93. The molecule has 2 aliphatic heterocycles. The summed E-state index contributed by atoms with van der Waals surface area (Å²) in [7, 11) is 0. The molecule has 2 aliphatic rings. The standard InChI is InChI=1S/C20H20Cl2O6/c21-13-5-1-11(2-6-13)19-25-10-16-18(28-19)17(15(24)9-23)27-20(26-16)12-3-7-14(22)8-4-12/h1-8,15-20,23-24H,9-10H2/t15-,16+,17-,18-,19?,20?/m1/s1. The molecule has 0 amide bonds. The Balaban J connectivity index is 1.55. The fraction of sp³-hybridized carbons (Fsp3) is 0.400. The van der Waals surface area contributed by atoms with Gasteiger partial charge in [-0.05, 0) is 24.3 Å². The summed E-state index contributed by atoms with van der Waals surface area (Å²) in [6.07, 6.45) is -4.38. The molecule has 2 fully saturated rings. The van der Waals surface area contributed by atoms with Crippen molar-refractivity contribution in [3.05, 3.63) is 69.7 Å². The number of ether oxygens (including phenoxy) is 4. The maximum Gasteiger partial charge on any atom is 0.184 e. The van der Waals surface area contributed by atoms with Crippen LogP contribution in [0, 0.1) is 0 Å². The van der Waals surface area contributed by atoms with Crippen LogP contribution in [0.2, 0.25) is 10.0 Å². The van der Waals surface area contributed by atoms with Gasteiger partial charge in [-0.15, -0.1) is 0 Å². The minimum atomic E-state index is -1.13. The lowest BCUT2D eigenvalue weighted by Crippen LogP contribution is -2.58. The Morgan fingerprint density at radius 3 is 2.00 bits per heavy atom. The van der Waals surface area contributed by atoms with Crippen LogP contribution in [-0.2, 0) is 18.9 Å². The van der Waals surface area contributed by atoms with E-state index in [2.05, 4.69) is 0 Å². The van der Waals surface area contributed by atoms with Gasteiger partial charge in [0.15, 0.2) is 12.6 Å². The van der Waals surface area contributed by atoms with E-state index in [0.717, 1.165) is 11.1 Å². The summed E-state index contributed by atoms with van der Waals surface area (Å²) < 4.78 is 23.9. The first-order valence-corrected chi connectivity index (χ1v) is 9.68. The molecule has 4 rings (SSSR count). The summed E-state index contributed by atoms with van der Waals surface area (Å²) in [6, 6.07) is 14.2. The first kappa shape index (κ1) is 20.1. The summed E-state index contributed by atoms with van der Waals surface area (Å²) in [6.45, 7) is -0.211. The second-order valence-corrected chi connectivity index (χ2v) is 7.60. The minimum Gasteiger partial charge on any atom is -0.394 e. The summed E-state index contributed by atoms with van der Waals surface area (Å²) in [5, 5.41) is 21.0. The second-order valence-electron chi connectivity index (χ2n) is 6.73. The molecule has 0 aromatic heterocycles. The normalized spacial score (nSPS) is 31.2. The number of rotatable bonds is 4. The minimum absolute atomic E-state index is 0.250.